The Labute approximate surface area is 148 Å². The summed E-state index contributed by atoms with van der Waals surface area (Å²) in [6, 6.07) is 14.0. The molecule has 1 heterocycles. The third-order valence-electron chi connectivity index (χ3n) is 4.61. The minimum atomic E-state index is -0.278. The van der Waals surface area contributed by atoms with E-state index in [1.165, 1.54) is 12.1 Å². The van der Waals surface area contributed by atoms with Gasteiger partial charge in [-0.2, -0.15) is 0 Å². The maximum Gasteiger partial charge on any atom is 0.227 e. The third-order valence-corrected chi connectivity index (χ3v) is 4.61. The fraction of sp³-hybridized carbons (Fsp3) is 0.381. The zero-order chi connectivity index (χ0) is 18.0. The Morgan fingerprint density at radius 3 is 2.52 bits per heavy atom. The molecule has 1 amide bonds. The molecule has 1 aliphatic rings. The second kappa shape index (κ2) is 6.87. The van der Waals surface area contributed by atoms with Crippen molar-refractivity contribution in [3.63, 3.8) is 0 Å². The standard InChI is InChI=1S/C21H24FNO2/c1-21(2,3)19(14-8-10-17(22)11-9-14)23-20(24)16-12-15-6-4-5-7-18(15)25-13-16/h4-11,16,19H,12-13H2,1-3H3,(H,23,24). The van der Waals surface area contributed by atoms with Crippen LogP contribution in [0.25, 0.3) is 0 Å². The van der Waals surface area contributed by atoms with Crippen molar-refractivity contribution >= 4 is 5.91 Å². The summed E-state index contributed by atoms with van der Waals surface area (Å²) in [5.74, 6) is 0.330. The van der Waals surface area contributed by atoms with E-state index in [2.05, 4.69) is 26.1 Å². The topological polar surface area (TPSA) is 38.3 Å². The number of fused-ring (bicyclic) bond motifs is 1. The van der Waals surface area contributed by atoms with Crippen LogP contribution in [-0.2, 0) is 11.2 Å². The summed E-state index contributed by atoms with van der Waals surface area (Å²) in [7, 11) is 0. The number of para-hydroxylation sites is 1. The highest BCUT2D eigenvalue weighted by Gasteiger charge is 2.32. The van der Waals surface area contributed by atoms with Crippen LogP contribution in [0.4, 0.5) is 4.39 Å². The lowest BCUT2D eigenvalue weighted by molar-refractivity contribution is -0.127. The lowest BCUT2D eigenvalue weighted by atomic mass is 9.81. The summed E-state index contributed by atoms with van der Waals surface area (Å²) in [6.45, 7) is 6.57. The van der Waals surface area contributed by atoms with Crippen LogP contribution in [0.2, 0.25) is 0 Å². The average Bonchev–Trinajstić information content (AvgIpc) is 2.59. The molecule has 2 aromatic rings. The second-order valence-corrected chi connectivity index (χ2v) is 7.68. The van der Waals surface area contributed by atoms with Gasteiger partial charge < -0.3 is 10.1 Å². The molecule has 4 heteroatoms. The number of hydrogen-bond donors (Lipinski definition) is 1. The van der Waals surface area contributed by atoms with E-state index in [-0.39, 0.29) is 29.1 Å². The minimum absolute atomic E-state index is 0.0289. The van der Waals surface area contributed by atoms with E-state index in [4.69, 9.17) is 4.74 Å². The van der Waals surface area contributed by atoms with Crippen molar-refractivity contribution in [2.45, 2.75) is 33.2 Å². The zero-order valence-corrected chi connectivity index (χ0v) is 14.9. The molecule has 3 rings (SSSR count). The summed E-state index contributed by atoms with van der Waals surface area (Å²) >= 11 is 0. The molecule has 25 heavy (non-hydrogen) atoms. The average molecular weight is 341 g/mol. The summed E-state index contributed by atoms with van der Waals surface area (Å²) in [4.78, 5) is 12.8. The molecule has 0 spiro atoms. The van der Waals surface area contributed by atoms with Gasteiger partial charge in [0, 0.05) is 0 Å². The SMILES string of the molecule is CC(C)(C)C(NC(=O)C1COc2ccccc2C1)c1ccc(F)cc1. The maximum absolute atomic E-state index is 13.2. The Balaban J connectivity index is 1.76. The van der Waals surface area contributed by atoms with E-state index in [1.54, 1.807) is 12.1 Å². The van der Waals surface area contributed by atoms with Gasteiger partial charge in [0.15, 0.2) is 0 Å². The van der Waals surface area contributed by atoms with Crippen LogP contribution >= 0.6 is 0 Å². The van der Waals surface area contributed by atoms with Crippen LogP contribution in [0, 0.1) is 17.2 Å². The first-order valence-electron chi connectivity index (χ1n) is 8.61. The Morgan fingerprint density at radius 2 is 1.84 bits per heavy atom. The molecule has 3 nitrogen and oxygen atoms in total. The van der Waals surface area contributed by atoms with Gasteiger partial charge in [-0.1, -0.05) is 51.1 Å². The van der Waals surface area contributed by atoms with Gasteiger partial charge in [-0.05, 0) is 41.2 Å². The van der Waals surface area contributed by atoms with Crippen LogP contribution in [0.1, 0.15) is 37.9 Å². The van der Waals surface area contributed by atoms with Gasteiger partial charge in [0.05, 0.1) is 12.0 Å². The molecule has 2 unspecified atom stereocenters. The van der Waals surface area contributed by atoms with Crippen molar-refractivity contribution in [2.75, 3.05) is 6.61 Å². The molecule has 1 N–H and O–H groups in total. The van der Waals surface area contributed by atoms with Crippen molar-refractivity contribution < 1.29 is 13.9 Å². The van der Waals surface area contributed by atoms with Gasteiger partial charge in [0.25, 0.3) is 0 Å². The number of rotatable bonds is 3. The monoisotopic (exact) mass is 341 g/mol. The highest BCUT2D eigenvalue weighted by molar-refractivity contribution is 5.80. The number of benzene rings is 2. The van der Waals surface area contributed by atoms with Gasteiger partial charge >= 0.3 is 0 Å². The number of carbonyl (C=O) groups excluding carboxylic acids is 1. The van der Waals surface area contributed by atoms with Gasteiger partial charge in [0.1, 0.15) is 18.2 Å². The maximum atomic E-state index is 13.2. The van der Waals surface area contributed by atoms with Crippen LogP contribution < -0.4 is 10.1 Å². The van der Waals surface area contributed by atoms with Gasteiger partial charge in [-0.3, -0.25) is 4.79 Å². The summed E-state index contributed by atoms with van der Waals surface area (Å²) < 4.78 is 19.0. The summed E-state index contributed by atoms with van der Waals surface area (Å²) in [6.07, 6.45) is 0.669. The Hall–Kier alpha value is -2.36. The molecule has 1 aliphatic heterocycles. The lowest BCUT2D eigenvalue weighted by Gasteiger charge is -2.34. The largest absolute Gasteiger partial charge is 0.492 e. The molecule has 0 aromatic heterocycles. The van der Waals surface area contributed by atoms with E-state index < -0.39 is 0 Å². The highest BCUT2D eigenvalue weighted by atomic mass is 19.1. The number of nitrogens with one attached hydrogen (secondary N) is 1. The van der Waals surface area contributed by atoms with Gasteiger partial charge in [-0.25, -0.2) is 4.39 Å². The van der Waals surface area contributed by atoms with Crippen LogP contribution in [0.15, 0.2) is 48.5 Å². The van der Waals surface area contributed by atoms with Crippen molar-refractivity contribution in [1.82, 2.24) is 5.32 Å². The second-order valence-electron chi connectivity index (χ2n) is 7.68. The molecule has 132 valence electrons. The Morgan fingerprint density at radius 1 is 1.16 bits per heavy atom. The number of hydrogen-bond acceptors (Lipinski definition) is 2. The molecule has 0 fully saturated rings. The molecular weight excluding hydrogens is 317 g/mol. The minimum Gasteiger partial charge on any atom is -0.492 e. The predicted molar refractivity (Wildman–Crippen MR) is 95.9 cm³/mol. The van der Waals surface area contributed by atoms with E-state index in [0.29, 0.717) is 13.0 Å². The highest BCUT2D eigenvalue weighted by Crippen LogP contribution is 2.34. The first-order chi connectivity index (χ1) is 11.8. The van der Waals surface area contributed by atoms with Gasteiger partial charge in [-0.15, -0.1) is 0 Å². The molecule has 2 aromatic carbocycles. The van der Waals surface area contributed by atoms with Crippen molar-refractivity contribution in [1.29, 1.82) is 0 Å². The molecule has 0 saturated carbocycles. The third kappa shape index (κ3) is 4.01. The Kier molecular flexibility index (Phi) is 4.80. The summed E-state index contributed by atoms with van der Waals surface area (Å²) in [5.41, 5.74) is 1.77. The van der Waals surface area contributed by atoms with Crippen LogP contribution in [-0.4, -0.2) is 12.5 Å². The molecule has 0 saturated heterocycles. The zero-order valence-electron chi connectivity index (χ0n) is 14.9. The van der Waals surface area contributed by atoms with E-state index in [1.807, 2.05) is 24.3 Å². The van der Waals surface area contributed by atoms with Crippen molar-refractivity contribution in [2.24, 2.45) is 11.3 Å². The van der Waals surface area contributed by atoms with E-state index in [9.17, 15) is 9.18 Å². The van der Waals surface area contributed by atoms with E-state index in [0.717, 1.165) is 16.9 Å². The van der Waals surface area contributed by atoms with Crippen LogP contribution in [0.3, 0.4) is 0 Å². The van der Waals surface area contributed by atoms with Gasteiger partial charge in [0.2, 0.25) is 5.91 Å². The predicted octanol–water partition coefficient (Wildman–Crippen LogP) is 4.28. The summed E-state index contributed by atoms with van der Waals surface area (Å²) in [5, 5.41) is 3.15. The molecule has 0 bridgehead atoms. The normalized spacial score (nSPS) is 18.0. The van der Waals surface area contributed by atoms with Crippen LogP contribution in [0.5, 0.6) is 5.75 Å². The number of amides is 1. The number of carbonyl (C=O) groups is 1. The molecule has 2 atom stereocenters. The van der Waals surface area contributed by atoms with Crippen molar-refractivity contribution in [3.05, 3.63) is 65.5 Å². The fourth-order valence-electron chi connectivity index (χ4n) is 3.21. The first kappa shape index (κ1) is 17.5. The smallest absolute Gasteiger partial charge is 0.227 e. The quantitative estimate of drug-likeness (QED) is 0.905. The fourth-order valence-corrected chi connectivity index (χ4v) is 3.21. The number of ether oxygens (including phenoxy) is 1. The molecule has 0 radical (unpaired) electrons. The molecule has 0 aliphatic carbocycles. The molecular formula is C21H24FNO2. The lowest BCUT2D eigenvalue weighted by Crippen LogP contribution is -2.43. The number of halogens is 1. The first-order valence-corrected chi connectivity index (χ1v) is 8.61. The Bertz CT molecular complexity index is 749. The van der Waals surface area contributed by atoms with Crippen molar-refractivity contribution in [3.8, 4) is 5.75 Å². The van der Waals surface area contributed by atoms with E-state index >= 15 is 0 Å².